The van der Waals surface area contributed by atoms with Gasteiger partial charge in [-0.3, -0.25) is 0 Å². The van der Waals surface area contributed by atoms with Gasteiger partial charge in [-0.15, -0.1) is 0 Å². The van der Waals surface area contributed by atoms with E-state index in [4.69, 9.17) is 15.3 Å². The second kappa shape index (κ2) is 3.09. The molecule has 0 aliphatic carbocycles. The van der Waals surface area contributed by atoms with Crippen molar-refractivity contribution in [3.8, 4) is 0 Å². The van der Waals surface area contributed by atoms with Crippen LogP contribution in [-0.2, 0) is 4.79 Å². The van der Waals surface area contributed by atoms with Gasteiger partial charge in [0.15, 0.2) is 0 Å². The van der Waals surface area contributed by atoms with Crippen molar-refractivity contribution >= 4 is 5.97 Å². The van der Waals surface area contributed by atoms with Gasteiger partial charge in [0.2, 0.25) is 6.10 Å². The molecular weight excluding hydrogens is 124 g/mol. The summed E-state index contributed by atoms with van der Waals surface area (Å²) >= 11 is 0. The predicted octanol–water partition coefficient (Wildman–Crippen LogP) is -0.106. The van der Waals surface area contributed by atoms with E-state index in [9.17, 15) is 4.79 Å². The summed E-state index contributed by atoms with van der Waals surface area (Å²) < 4.78 is 0. The summed E-state index contributed by atoms with van der Waals surface area (Å²) in [4.78, 5) is 9.85. The van der Waals surface area contributed by atoms with Crippen molar-refractivity contribution in [2.45, 2.75) is 13.0 Å². The van der Waals surface area contributed by atoms with Crippen LogP contribution in [0.2, 0.25) is 0 Å². The summed E-state index contributed by atoms with van der Waals surface area (Å²) in [6.07, 6.45) is -0.659. The van der Waals surface area contributed by atoms with Gasteiger partial charge in [0.25, 0.3) is 0 Å². The second-order valence-corrected chi connectivity index (χ2v) is 1.45. The zero-order valence-electron chi connectivity index (χ0n) is 4.90. The van der Waals surface area contributed by atoms with E-state index in [0.717, 1.165) is 6.08 Å². The van der Waals surface area contributed by atoms with Crippen LogP contribution in [0, 0.1) is 0 Å². The first-order valence-electron chi connectivity index (χ1n) is 2.35. The van der Waals surface area contributed by atoms with E-state index >= 15 is 0 Å². The minimum atomic E-state index is -1.78. The number of aliphatic hydroxyl groups is 2. The van der Waals surface area contributed by atoms with E-state index < -0.39 is 17.8 Å². The molecule has 0 saturated carbocycles. The molecule has 0 aliphatic rings. The molecule has 4 heteroatoms. The van der Waals surface area contributed by atoms with Crippen molar-refractivity contribution in [1.82, 2.24) is 0 Å². The Morgan fingerprint density at radius 1 is 1.56 bits per heavy atom. The average molecular weight is 132 g/mol. The lowest BCUT2D eigenvalue weighted by Crippen LogP contribution is -2.21. The molecule has 3 N–H and O–H groups in total. The minimum Gasteiger partial charge on any atom is -0.509 e. The molecule has 9 heavy (non-hydrogen) atoms. The summed E-state index contributed by atoms with van der Waals surface area (Å²) in [6.45, 7) is 1.43. The summed E-state index contributed by atoms with van der Waals surface area (Å²) in [5.74, 6) is -1.99. The lowest BCUT2D eigenvalue weighted by molar-refractivity contribution is -0.145. The zero-order valence-corrected chi connectivity index (χ0v) is 4.90. The van der Waals surface area contributed by atoms with E-state index in [0.29, 0.717) is 0 Å². The Hall–Kier alpha value is -1.03. The quantitative estimate of drug-likeness (QED) is 0.458. The van der Waals surface area contributed by atoms with Gasteiger partial charge in [-0.25, -0.2) is 4.79 Å². The fourth-order valence-electron chi connectivity index (χ4n) is 0.284. The number of allylic oxidation sites excluding steroid dienone is 1. The van der Waals surface area contributed by atoms with Crippen molar-refractivity contribution in [2.24, 2.45) is 0 Å². The highest BCUT2D eigenvalue weighted by Crippen LogP contribution is 1.95. The first-order chi connectivity index (χ1) is 4.09. The van der Waals surface area contributed by atoms with E-state index in [1.807, 2.05) is 0 Å². The maximum absolute atomic E-state index is 9.85. The first-order valence-corrected chi connectivity index (χ1v) is 2.35. The number of carboxylic acid groups (broad SMARTS) is 1. The van der Waals surface area contributed by atoms with Gasteiger partial charge in [-0.2, -0.15) is 0 Å². The second-order valence-electron chi connectivity index (χ2n) is 1.45. The van der Waals surface area contributed by atoms with Crippen molar-refractivity contribution < 1.29 is 20.1 Å². The Balaban J connectivity index is 4.04. The summed E-state index contributed by atoms with van der Waals surface area (Å²) in [5, 5.41) is 25.0. The highest BCUT2D eigenvalue weighted by atomic mass is 16.4. The van der Waals surface area contributed by atoms with Gasteiger partial charge in [-0.05, 0) is 13.0 Å². The van der Waals surface area contributed by atoms with Crippen LogP contribution in [0.1, 0.15) is 6.92 Å². The third-order valence-corrected chi connectivity index (χ3v) is 0.810. The van der Waals surface area contributed by atoms with Crippen molar-refractivity contribution in [2.75, 3.05) is 0 Å². The third kappa shape index (κ3) is 2.14. The molecule has 0 radical (unpaired) electrons. The van der Waals surface area contributed by atoms with Gasteiger partial charge in [0, 0.05) is 0 Å². The molecule has 0 aliphatic heterocycles. The monoisotopic (exact) mass is 132 g/mol. The number of aliphatic hydroxyl groups excluding tert-OH is 2. The largest absolute Gasteiger partial charge is 0.509 e. The number of carboxylic acids is 1. The Morgan fingerprint density at radius 3 is 2.11 bits per heavy atom. The number of hydrogen-bond acceptors (Lipinski definition) is 3. The summed E-state index contributed by atoms with van der Waals surface area (Å²) in [6, 6.07) is 0. The van der Waals surface area contributed by atoms with Crippen LogP contribution in [-0.4, -0.2) is 27.4 Å². The fraction of sp³-hybridized carbons (Fsp3) is 0.400. The van der Waals surface area contributed by atoms with Crippen LogP contribution < -0.4 is 0 Å². The molecule has 0 heterocycles. The summed E-state index contributed by atoms with van der Waals surface area (Å²) in [7, 11) is 0. The van der Waals surface area contributed by atoms with Crippen LogP contribution in [0.3, 0.4) is 0 Å². The highest BCUT2D eigenvalue weighted by Gasteiger charge is 2.16. The molecule has 0 aromatic carbocycles. The highest BCUT2D eigenvalue weighted by molar-refractivity contribution is 5.74. The normalized spacial score (nSPS) is 15.1. The van der Waals surface area contributed by atoms with Crippen LogP contribution >= 0.6 is 0 Å². The third-order valence-electron chi connectivity index (χ3n) is 0.810. The molecule has 0 aromatic heterocycles. The molecule has 0 rings (SSSR count). The number of carbonyl (C=O) groups is 1. The van der Waals surface area contributed by atoms with Gasteiger partial charge < -0.3 is 15.3 Å². The zero-order chi connectivity index (χ0) is 7.44. The molecule has 0 bridgehead atoms. The maximum atomic E-state index is 9.85. The molecule has 0 saturated heterocycles. The lowest BCUT2D eigenvalue weighted by Gasteiger charge is -2.01. The van der Waals surface area contributed by atoms with Crippen LogP contribution in [0.15, 0.2) is 11.8 Å². The SMILES string of the molecule is CC=C(O)C(O)C(=O)O. The number of hydrogen-bond donors (Lipinski definition) is 3. The molecule has 0 fully saturated rings. The van der Waals surface area contributed by atoms with Gasteiger partial charge >= 0.3 is 5.97 Å². The molecule has 0 aromatic rings. The van der Waals surface area contributed by atoms with Crippen LogP contribution in [0.4, 0.5) is 0 Å². The minimum absolute atomic E-state index is 0.539. The molecular formula is C5H8O4. The van der Waals surface area contributed by atoms with E-state index in [2.05, 4.69) is 0 Å². The predicted molar refractivity (Wildman–Crippen MR) is 30.0 cm³/mol. The smallest absolute Gasteiger partial charge is 0.340 e. The average Bonchev–Trinajstić information content (AvgIpc) is 1.84. The molecule has 1 unspecified atom stereocenters. The topological polar surface area (TPSA) is 77.8 Å². The van der Waals surface area contributed by atoms with Crippen molar-refractivity contribution in [1.29, 1.82) is 0 Å². The summed E-state index contributed by atoms with van der Waals surface area (Å²) in [5.41, 5.74) is 0. The van der Waals surface area contributed by atoms with E-state index in [1.165, 1.54) is 6.92 Å². The van der Waals surface area contributed by atoms with E-state index in [-0.39, 0.29) is 0 Å². The molecule has 1 atom stereocenters. The molecule has 0 amide bonds. The first kappa shape index (κ1) is 7.97. The van der Waals surface area contributed by atoms with Gasteiger partial charge in [-0.1, -0.05) is 0 Å². The van der Waals surface area contributed by atoms with E-state index in [1.54, 1.807) is 0 Å². The van der Waals surface area contributed by atoms with Crippen molar-refractivity contribution in [3.63, 3.8) is 0 Å². The Kier molecular flexibility index (Phi) is 2.73. The van der Waals surface area contributed by atoms with Crippen molar-refractivity contribution in [3.05, 3.63) is 11.8 Å². The number of rotatable bonds is 2. The molecule has 52 valence electrons. The molecule has 0 spiro atoms. The maximum Gasteiger partial charge on any atom is 0.340 e. The molecule has 4 nitrogen and oxygen atoms in total. The van der Waals surface area contributed by atoms with Gasteiger partial charge in [0.1, 0.15) is 5.76 Å². The Morgan fingerprint density at radius 2 is 2.00 bits per heavy atom. The standard InChI is InChI=1S/C5H8O4/c1-2-3(6)4(7)5(8)9/h2,4,6-7H,1H3,(H,8,9). The van der Waals surface area contributed by atoms with Crippen LogP contribution in [0.25, 0.3) is 0 Å². The Bertz CT molecular complexity index is 138. The number of aliphatic carboxylic acids is 1. The Labute approximate surface area is 52.1 Å². The van der Waals surface area contributed by atoms with Crippen LogP contribution in [0.5, 0.6) is 0 Å². The lowest BCUT2D eigenvalue weighted by atomic mass is 10.3. The van der Waals surface area contributed by atoms with Gasteiger partial charge in [0.05, 0.1) is 0 Å². The fourth-order valence-corrected chi connectivity index (χ4v) is 0.284.